The third kappa shape index (κ3) is 3.27. The van der Waals surface area contributed by atoms with Gasteiger partial charge in [-0.2, -0.15) is 0 Å². The molecule has 1 aliphatic rings. The van der Waals surface area contributed by atoms with E-state index >= 15 is 0 Å². The van der Waals surface area contributed by atoms with E-state index in [9.17, 15) is 4.79 Å². The van der Waals surface area contributed by atoms with Crippen molar-refractivity contribution in [1.82, 2.24) is 15.4 Å². The molecule has 0 spiro atoms. The van der Waals surface area contributed by atoms with Gasteiger partial charge in [0.2, 0.25) is 5.91 Å². The molecule has 0 radical (unpaired) electrons. The highest BCUT2D eigenvalue weighted by Gasteiger charge is 2.41. The first-order chi connectivity index (χ1) is 10.00. The Kier molecular flexibility index (Phi) is 5.00. The number of carbonyl (C=O) groups excluding carboxylic acids is 1. The van der Waals surface area contributed by atoms with Crippen LogP contribution in [0.5, 0.6) is 0 Å². The molecule has 0 saturated carbocycles. The van der Waals surface area contributed by atoms with Crippen LogP contribution < -0.4 is 5.32 Å². The fourth-order valence-electron chi connectivity index (χ4n) is 3.04. The number of rotatable bonds is 5. The normalized spacial score (nSPS) is 17.7. The van der Waals surface area contributed by atoms with Gasteiger partial charge in [0.05, 0.1) is 24.3 Å². The molecule has 118 valence electrons. The lowest BCUT2D eigenvalue weighted by Gasteiger charge is -2.38. The number of nitrogens with one attached hydrogen (secondary N) is 1. The van der Waals surface area contributed by atoms with Crippen LogP contribution in [0.15, 0.2) is 4.52 Å². The number of ether oxygens (including phenoxy) is 1. The van der Waals surface area contributed by atoms with Crippen molar-refractivity contribution < 1.29 is 14.1 Å². The number of carbonyl (C=O) groups is 1. The molecule has 21 heavy (non-hydrogen) atoms. The van der Waals surface area contributed by atoms with E-state index in [1.807, 2.05) is 20.9 Å². The molecule has 1 aromatic heterocycles. The van der Waals surface area contributed by atoms with E-state index < -0.39 is 5.41 Å². The minimum atomic E-state index is -0.409. The van der Waals surface area contributed by atoms with Gasteiger partial charge in [-0.05, 0) is 39.8 Å². The fraction of sp³-hybridized carbons (Fsp3) is 0.733. The molecular weight excluding hydrogens is 270 g/mol. The van der Waals surface area contributed by atoms with Crippen LogP contribution in [0, 0.1) is 19.3 Å². The molecule has 2 heterocycles. The van der Waals surface area contributed by atoms with E-state index in [4.69, 9.17) is 9.26 Å². The number of aromatic nitrogens is 1. The summed E-state index contributed by atoms with van der Waals surface area (Å²) in [6.07, 6.45) is 1.62. The predicted molar refractivity (Wildman–Crippen MR) is 78.9 cm³/mol. The molecule has 6 nitrogen and oxygen atoms in total. The number of nitrogens with zero attached hydrogens (tertiary/aromatic N) is 2. The van der Waals surface area contributed by atoms with E-state index in [0.29, 0.717) is 13.2 Å². The summed E-state index contributed by atoms with van der Waals surface area (Å²) in [5.41, 5.74) is 1.43. The second-order valence-corrected chi connectivity index (χ2v) is 5.93. The Morgan fingerprint density at radius 1 is 1.43 bits per heavy atom. The van der Waals surface area contributed by atoms with Gasteiger partial charge in [-0.3, -0.25) is 4.79 Å². The van der Waals surface area contributed by atoms with E-state index in [1.165, 1.54) is 0 Å². The number of aryl methyl sites for hydroxylation is 2. The number of piperidine rings is 1. The molecule has 0 aromatic carbocycles. The minimum Gasteiger partial charge on any atom is -0.384 e. The molecule has 2 rings (SSSR count). The number of hydrogen-bond donors (Lipinski definition) is 1. The highest BCUT2D eigenvalue weighted by atomic mass is 16.5. The smallest absolute Gasteiger partial charge is 0.231 e. The van der Waals surface area contributed by atoms with Gasteiger partial charge in [0.25, 0.3) is 0 Å². The van der Waals surface area contributed by atoms with Crippen molar-refractivity contribution in [3.63, 3.8) is 0 Å². The molecule has 0 atom stereocenters. The number of amides is 1. The summed E-state index contributed by atoms with van der Waals surface area (Å²) < 4.78 is 10.5. The average Bonchev–Trinajstić information content (AvgIpc) is 2.79. The molecule has 1 aromatic rings. The Morgan fingerprint density at radius 3 is 2.62 bits per heavy atom. The standard InChI is InChI=1S/C15H25N3O3/c1-11-13(12(2)21-17-11)9-18(3)14(19)15(10-20-4)5-7-16-8-6-15/h16H,5-10H2,1-4H3. The van der Waals surface area contributed by atoms with Crippen LogP contribution in [0.25, 0.3) is 0 Å². The van der Waals surface area contributed by atoms with Crippen molar-refractivity contribution in [3.8, 4) is 0 Å². The van der Waals surface area contributed by atoms with Crippen LogP contribution in [-0.2, 0) is 16.1 Å². The van der Waals surface area contributed by atoms with Crippen LogP contribution in [-0.4, -0.2) is 49.8 Å². The van der Waals surface area contributed by atoms with Crippen molar-refractivity contribution in [2.75, 3.05) is 33.9 Å². The van der Waals surface area contributed by atoms with Gasteiger partial charge in [0, 0.05) is 19.7 Å². The zero-order valence-corrected chi connectivity index (χ0v) is 13.4. The lowest BCUT2D eigenvalue weighted by molar-refractivity contribution is -0.146. The van der Waals surface area contributed by atoms with Crippen molar-refractivity contribution >= 4 is 5.91 Å². The summed E-state index contributed by atoms with van der Waals surface area (Å²) in [5, 5.41) is 7.25. The lowest BCUT2D eigenvalue weighted by atomic mass is 9.78. The van der Waals surface area contributed by atoms with E-state index in [-0.39, 0.29) is 5.91 Å². The van der Waals surface area contributed by atoms with E-state index in [2.05, 4.69) is 10.5 Å². The minimum absolute atomic E-state index is 0.144. The predicted octanol–water partition coefficient (Wildman–Crippen LogP) is 1.27. The Morgan fingerprint density at radius 2 is 2.10 bits per heavy atom. The Hall–Kier alpha value is -1.40. The zero-order chi connectivity index (χ0) is 15.5. The summed E-state index contributed by atoms with van der Waals surface area (Å²) in [6.45, 7) is 6.49. The Bertz CT molecular complexity index is 467. The summed E-state index contributed by atoms with van der Waals surface area (Å²) in [5.74, 6) is 0.920. The van der Waals surface area contributed by atoms with Crippen LogP contribution in [0.4, 0.5) is 0 Å². The van der Waals surface area contributed by atoms with Crippen LogP contribution in [0.2, 0.25) is 0 Å². The van der Waals surface area contributed by atoms with Crippen molar-refractivity contribution in [2.24, 2.45) is 5.41 Å². The second kappa shape index (κ2) is 6.58. The summed E-state index contributed by atoms with van der Waals surface area (Å²) in [7, 11) is 3.50. The Labute approximate surface area is 125 Å². The molecular formula is C15H25N3O3. The highest BCUT2D eigenvalue weighted by Crippen LogP contribution is 2.32. The molecule has 1 N–H and O–H groups in total. The molecule has 1 fully saturated rings. The first-order valence-corrected chi connectivity index (χ1v) is 7.37. The quantitative estimate of drug-likeness (QED) is 0.886. The maximum atomic E-state index is 12.9. The van der Waals surface area contributed by atoms with E-state index in [1.54, 1.807) is 12.0 Å². The maximum absolute atomic E-state index is 12.9. The zero-order valence-electron chi connectivity index (χ0n) is 13.4. The summed E-state index contributed by atoms with van der Waals surface area (Å²) in [4.78, 5) is 14.7. The van der Waals surface area contributed by atoms with Gasteiger partial charge in [0.1, 0.15) is 5.76 Å². The van der Waals surface area contributed by atoms with Gasteiger partial charge < -0.3 is 19.5 Å². The topological polar surface area (TPSA) is 67.6 Å². The fourth-order valence-corrected chi connectivity index (χ4v) is 3.04. The van der Waals surface area contributed by atoms with Gasteiger partial charge in [-0.1, -0.05) is 5.16 Å². The monoisotopic (exact) mass is 295 g/mol. The van der Waals surface area contributed by atoms with Gasteiger partial charge in [0.15, 0.2) is 0 Å². The summed E-state index contributed by atoms with van der Waals surface area (Å²) >= 11 is 0. The van der Waals surface area contributed by atoms with Crippen LogP contribution in [0.3, 0.4) is 0 Å². The second-order valence-electron chi connectivity index (χ2n) is 5.93. The first-order valence-electron chi connectivity index (χ1n) is 7.37. The Balaban J connectivity index is 2.13. The van der Waals surface area contributed by atoms with Crippen molar-refractivity contribution in [2.45, 2.75) is 33.2 Å². The first kappa shape index (κ1) is 16.0. The SMILES string of the molecule is COCC1(C(=O)N(C)Cc2c(C)noc2C)CCNCC1. The molecule has 0 aliphatic carbocycles. The van der Waals surface area contributed by atoms with Gasteiger partial charge in [-0.15, -0.1) is 0 Å². The third-order valence-electron chi connectivity index (χ3n) is 4.36. The number of hydrogen-bond acceptors (Lipinski definition) is 5. The molecule has 0 bridgehead atoms. The van der Waals surface area contributed by atoms with Gasteiger partial charge in [-0.25, -0.2) is 0 Å². The largest absolute Gasteiger partial charge is 0.384 e. The average molecular weight is 295 g/mol. The third-order valence-corrected chi connectivity index (χ3v) is 4.36. The van der Waals surface area contributed by atoms with Gasteiger partial charge >= 0.3 is 0 Å². The molecule has 6 heteroatoms. The van der Waals surface area contributed by atoms with Crippen molar-refractivity contribution in [3.05, 3.63) is 17.0 Å². The summed E-state index contributed by atoms with van der Waals surface area (Å²) in [6, 6.07) is 0. The van der Waals surface area contributed by atoms with Crippen LogP contribution >= 0.6 is 0 Å². The van der Waals surface area contributed by atoms with E-state index in [0.717, 1.165) is 42.9 Å². The molecule has 1 saturated heterocycles. The molecule has 1 aliphatic heterocycles. The van der Waals surface area contributed by atoms with Crippen LogP contribution in [0.1, 0.15) is 29.9 Å². The maximum Gasteiger partial charge on any atom is 0.231 e. The molecule has 1 amide bonds. The number of methoxy groups -OCH3 is 1. The molecule has 0 unspecified atom stereocenters. The highest BCUT2D eigenvalue weighted by molar-refractivity contribution is 5.83. The lowest BCUT2D eigenvalue weighted by Crippen LogP contribution is -2.50. The van der Waals surface area contributed by atoms with Crippen molar-refractivity contribution in [1.29, 1.82) is 0 Å².